The second kappa shape index (κ2) is 5.34. The van der Waals surface area contributed by atoms with Gasteiger partial charge in [-0.25, -0.2) is 0 Å². The van der Waals surface area contributed by atoms with Crippen LogP contribution in [0.1, 0.15) is 29.7 Å². The Labute approximate surface area is 121 Å². The SMILES string of the molecule is COc1c(C)cnc(CN2CC3CCC(N)C3C2)c1C. The zero-order chi connectivity index (χ0) is 14.3. The molecule has 1 aliphatic carbocycles. The Hall–Kier alpha value is -1.13. The first-order chi connectivity index (χ1) is 9.60. The van der Waals surface area contributed by atoms with Crippen molar-refractivity contribution in [2.24, 2.45) is 17.6 Å². The van der Waals surface area contributed by atoms with Gasteiger partial charge in [0.15, 0.2) is 0 Å². The standard InChI is InChI=1S/C16H25N3O/c1-10-6-18-15(11(2)16(10)20-3)9-19-7-12-4-5-14(17)13(12)8-19/h6,12-14H,4-5,7-9,17H2,1-3H3. The third-order valence-corrected chi connectivity index (χ3v) is 5.11. The molecule has 3 atom stereocenters. The maximum atomic E-state index is 6.21. The molecule has 4 nitrogen and oxygen atoms in total. The van der Waals surface area contributed by atoms with E-state index < -0.39 is 0 Å². The predicted octanol–water partition coefficient (Wildman–Crippen LogP) is 1.88. The summed E-state index contributed by atoms with van der Waals surface area (Å²) in [6, 6.07) is 0.409. The molecule has 0 bridgehead atoms. The van der Waals surface area contributed by atoms with Crippen LogP contribution in [-0.4, -0.2) is 36.1 Å². The van der Waals surface area contributed by atoms with Crippen molar-refractivity contribution in [1.82, 2.24) is 9.88 Å². The van der Waals surface area contributed by atoms with E-state index in [-0.39, 0.29) is 0 Å². The van der Waals surface area contributed by atoms with E-state index in [9.17, 15) is 0 Å². The monoisotopic (exact) mass is 275 g/mol. The Balaban J connectivity index is 1.73. The van der Waals surface area contributed by atoms with Crippen LogP contribution in [0, 0.1) is 25.7 Å². The van der Waals surface area contributed by atoms with E-state index in [4.69, 9.17) is 10.5 Å². The molecule has 4 heteroatoms. The lowest BCUT2D eigenvalue weighted by Gasteiger charge is -2.20. The van der Waals surface area contributed by atoms with Crippen molar-refractivity contribution in [3.8, 4) is 5.75 Å². The minimum Gasteiger partial charge on any atom is -0.496 e. The molecule has 0 amide bonds. The number of ether oxygens (including phenoxy) is 1. The summed E-state index contributed by atoms with van der Waals surface area (Å²) < 4.78 is 5.49. The van der Waals surface area contributed by atoms with Gasteiger partial charge in [0.1, 0.15) is 5.75 Å². The first-order valence-corrected chi connectivity index (χ1v) is 7.57. The molecule has 0 radical (unpaired) electrons. The summed E-state index contributed by atoms with van der Waals surface area (Å²) in [5.41, 5.74) is 9.63. The first-order valence-electron chi connectivity index (χ1n) is 7.57. The Kier molecular flexibility index (Phi) is 3.69. The van der Waals surface area contributed by atoms with Gasteiger partial charge in [-0.05, 0) is 38.5 Å². The molecule has 1 aliphatic heterocycles. The van der Waals surface area contributed by atoms with Crippen LogP contribution >= 0.6 is 0 Å². The largest absolute Gasteiger partial charge is 0.496 e. The minimum absolute atomic E-state index is 0.409. The van der Waals surface area contributed by atoms with Gasteiger partial charge in [0.05, 0.1) is 12.8 Å². The van der Waals surface area contributed by atoms with Crippen LogP contribution in [0.15, 0.2) is 6.20 Å². The third-order valence-electron chi connectivity index (χ3n) is 5.11. The van der Waals surface area contributed by atoms with Crippen LogP contribution in [0.3, 0.4) is 0 Å². The van der Waals surface area contributed by atoms with Gasteiger partial charge in [-0.1, -0.05) is 0 Å². The molecule has 0 spiro atoms. The number of aryl methyl sites for hydroxylation is 1. The van der Waals surface area contributed by atoms with Crippen LogP contribution in [-0.2, 0) is 6.54 Å². The number of likely N-dealkylation sites (tertiary alicyclic amines) is 1. The summed E-state index contributed by atoms with van der Waals surface area (Å²) in [6.45, 7) is 7.37. The molecule has 110 valence electrons. The summed E-state index contributed by atoms with van der Waals surface area (Å²) in [7, 11) is 1.73. The summed E-state index contributed by atoms with van der Waals surface area (Å²) in [5.74, 6) is 2.48. The fourth-order valence-electron chi connectivity index (χ4n) is 3.97. The number of pyridine rings is 1. The number of hydrogen-bond acceptors (Lipinski definition) is 4. The number of fused-ring (bicyclic) bond motifs is 1. The van der Waals surface area contributed by atoms with Crippen molar-refractivity contribution in [1.29, 1.82) is 0 Å². The average Bonchev–Trinajstić information content (AvgIpc) is 2.96. The van der Waals surface area contributed by atoms with E-state index in [0.29, 0.717) is 12.0 Å². The normalized spacial score (nSPS) is 29.7. The maximum absolute atomic E-state index is 6.21. The summed E-state index contributed by atoms with van der Waals surface area (Å²) in [4.78, 5) is 7.12. The van der Waals surface area contributed by atoms with Crippen LogP contribution in [0.5, 0.6) is 5.75 Å². The fraction of sp³-hybridized carbons (Fsp3) is 0.688. The van der Waals surface area contributed by atoms with Crippen LogP contribution in [0.2, 0.25) is 0 Å². The summed E-state index contributed by atoms with van der Waals surface area (Å²) in [6.07, 6.45) is 4.43. The maximum Gasteiger partial charge on any atom is 0.128 e. The van der Waals surface area contributed by atoms with Gasteiger partial charge in [0, 0.05) is 43.0 Å². The van der Waals surface area contributed by atoms with E-state index >= 15 is 0 Å². The number of hydrogen-bond donors (Lipinski definition) is 1. The van der Waals surface area contributed by atoms with Gasteiger partial charge >= 0.3 is 0 Å². The van der Waals surface area contributed by atoms with Crippen LogP contribution < -0.4 is 10.5 Å². The van der Waals surface area contributed by atoms with E-state index in [1.165, 1.54) is 24.9 Å². The van der Waals surface area contributed by atoms with E-state index in [2.05, 4.69) is 16.8 Å². The highest BCUT2D eigenvalue weighted by molar-refractivity contribution is 5.41. The molecule has 3 unspecified atom stereocenters. The smallest absolute Gasteiger partial charge is 0.128 e. The van der Waals surface area contributed by atoms with Crippen LogP contribution in [0.4, 0.5) is 0 Å². The molecule has 1 aromatic rings. The Morgan fingerprint density at radius 3 is 2.85 bits per heavy atom. The number of rotatable bonds is 3. The molecule has 20 heavy (non-hydrogen) atoms. The molecular weight excluding hydrogens is 250 g/mol. The zero-order valence-corrected chi connectivity index (χ0v) is 12.7. The Bertz CT molecular complexity index is 503. The number of methoxy groups -OCH3 is 1. The van der Waals surface area contributed by atoms with Gasteiger partial charge in [-0.15, -0.1) is 0 Å². The molecule has 1 aromatic heterocycles. The van der Waals surface area contributed by atoms with Gasteiger partial charge in [0.2, 0.25) is 0 Å². The van der Waals surface area contributed by atoms with Gasteiger partial charge in [0.25, 0.3) is 0 Å². The summed E-state index contributed by atoms with van der Waals surface area (Å²) >= 11 is 0. The molecule has 2 aliphatic rings. The number of nitrogens with two attached hydrogens (primary N) is 1. The molecular formula is C16H25N3O. The quantitative estimate of drug-likeness (QED) is 0.915. The molecule has 2 fully saturated rings. The Morgan fingerprint density at radius 1 is 1.35 bits per heavy atom. The third kappa shape index (κ3) is 2.31. The van der Waals surface area contributed by atoms with Crippen molar-refractivity contribution >= 4 is 0 Å². The van der Waals surface area contributed by atoms with Gasteiger partial charge in [-0.2, -0.15) is 0 Å². The highest BCUT2D eigenvalue weighted by Gasteiger charge is 2.40. The molecule has 2 heterocycles. The summed E-state index contributed by atoms with van der Waals surface area (Å²) in [5, 5.41) is 0. The predicted molar refractivity (Wildman–Crippen MR) is 79.7 cm³/mol. The first kappa shape index (κ1) is 13.8. The van der Waals surface area contributed by atoms with Crippen molar-refractivity contribution in [2.75, 3.05) is 20.2 Å². The number of nitrogens with zero attached hydrogens (tertiary/aromatic N) is 2. The highest BCUT2D eigenvalue weighted by Crippen LogP contribution is 2.38. The zero-order valence-electron chi connectivity index (χ0n) is 12.7. The highest BCUT2D eigenvalue weighted by atomic mass is 16.5. The number of aromatic nitrogens is 1. The van der Waals surface area contributed by atoms with E-state index in [1.54, 1.807) is 7.11 Å². The van der Waals surface area contributed by atoms with E-state index in [1.807, 2.05) is 13.1 Å². The van der Waals surface area contributed by atoms with Crippen molar-refractivity contribution in [3.63, 3.8) is 0 Å². The molecule has 1 saturated heterocycles. The van der Waals surface area contributed by atoms with Crippen LogP contribution in [0.25, 0.3) is 0 Å². The van der Waals surface area contributed by atoms with E-state index in [0.717, 1.165) is 36.0 Å². The van der Waals surface area contributed by atoms with Crippen molar-refractivity contribution < 1.29 is 4.74 Å². The average molecular weight is 275 g/mol. The van der Waals surface area contributed by atoms with Gasteiger partial charge < -0.3 is 10.5 Å². The van der Waals surface area contributed by atoms with Gasteiger partial charge in [-0.3, -0.25) is 9.88 Å². The molecule has 2 N–H and O–H groups in total. The Morgan fingerprint density at radius 2 is 2.15 bits per heavy atom. The topological polar surface area (TPSA) is 51.4 Å². The van der Waals surface area contributed by atoms with Crippen molar-refractivity contribution in [2.45, 2.75) is 39.3 Å². The fourth-order valence-corrected chi connectivity index (χ4v) is 3.97. The molecule has 0 aromatic carbocycles. The van der Waals surface area contributed by atoms with Crippen molar-refractivity contribution in [3.05, 3.63) is 23.0 Å². The second-order valence-corrected chi connectivity index (χ2v) is 6.41. The molecule has 1 saturated carbocycles. The lowest BCUT2D eigenvalue weighted by Crippen LogP contribution is -2.30. The lowest BCUT2D eigenvalue weighted by atomic mass is 9.98. The lowest BCUT2D eigenvalue weighted by molar-refractivity contribution is 0.293. The molecule has 3 rings (SSSR count). The minimum atomic E-state index is 0.409. The second-order valence-electron chi connectivity index (χ2n) is 6.41.